The summed E-state index contributed by atoms with van der Waals surface area (Å²) in [7, 11) is -0.397. The van der Waals surface area contributed by atoms with Gasteiger partial charge in [-0.1, -0.05) is 6.07 Å². The molecule has 0 radical (unpaired) electrons. The van der Waals surface area contributed by atoms with Crippen LogP contribution in [0, 0.1) is 0 Å². The molecule has 5 nitrogen and oxygen atoms in total. The van der Waals surface area contributed by atoms with E-state index in [2.05, 4.69) is 4.74 Å². The number of sulfonamides is 1. The lowest BCUT2D eigenvalue weighted by Crippen LogP contribution is -2.32. The summed E-state index contributed by atoms with van der Waals surface area (Å²) in [5, 5.41) is 0. The first kappa shape index (κ1) is 12.1. The smallest absolute Gasteiger partial charge is 0.337 e. The summed E-state index contributed by atoms with van der Waals surface area (Å²) in [5.74, 6) is -0.520. The maximum absolute atomic E-state index is 11.7. The van der Waals surface area contributed by atoms with Gasteiger partial charge in [-0.15, -0.1) is 0 Å². The van der Waals surface area contributed by atoms with E-state index in [0.717, 1.165) is 5.56 Å². The second kappa shape index (κ2) is 4.12. The zero-order valence-corrected chi connectivity index (χ0v) is 10.5. The molecule has 0 atom stereocenters. The molecule has 1 aliphatic rings. The van der Waals surface area contributed by atoms with Crippen molar-refractivity contribution in [1.82, 2.24) is 4.31 Å². The minimum atomic E-state index is -3.24. The van der Waals surface area contributed by atoms with Crippen molar-refractivity contribution in [3.05, 3.63) is 34.9 Å². The molecule has 1 heterocycles. The fourth-order valence-corrected chi connectivity index (χ4v) is 3.02. The Morgan fingerprint density at radius 2 is 2.06 bits per heavy atom. The van der Waals surface area contributed by atoms with Gasteiger partial charge in [0.25, 0.3) is 0 Å². The number of rotatable bonds is 1. The molecule has 0 aliphatic carbocycles. The highest BCUT2D eigenvalue weighted by molar-refractivity contribution is 7.88. The largest absolute Gasteiger partial charge is 0.465 e. The predicted molar refractivity (Wildman–Crippen MR) is 61.9 cm³/mol. The molecule has 92 valence electrons. The van der Waals surface area contributed by atoms with Gasteiger partial charge in [0.1, 0.15) is 0 Å². The van der Waals surface area contributed by atoms with Crippen molar-refractivity contribution in [2.45, 2.75) is 12.3 Å². The summed E-state index contributed by atoms with van der Waals surface area (Å²) in [6.07, 6.45) is 0. The molecular formula is C11H13NO4S. The normalized spacial score (nSPS) is 18.5. The molecule has 0 saturated carbocycles. The SMILES string of the molecule is COC(=O)c1ccc2c(c1)CS(=O)(=O)N(C)C2. The fourth-order valence-electron chi connectivity index (χ4n) is 1.80. The number of hydrogen-bond donors (Lipinski definition) is 0. The number of hydrogen-bond acceptors (Lipinski definition) is 4. The lowest BCUT2D eigenvalue weighted by atomic mass is 10.0. The van der Waals surface area contributed by atoms with Crippen molar-refractivity contribution in [2.24, 2.45) is 0 Å². The van der Waals surface area contributed by atoms with E-state index in [-0.39, 0.29) is 5.75 Å². The van der Waals surface area contributed by atoms with Gasteiger partial charge in [0.2, 0.25) is 10.0 Å². The number of carbonyl (C=O) groups excluding carboxylic acids is 1. The van der Waals surface area contributed by atoms with Crippen LogP contribution in [0.5, 0.6) is 0 Å². The Morgan fingerprint density at radius 1 is 1.35 bits per heavy atom. The Morgan fingerprint density at radius 3 is 2.71 bits per heavy atom. The Bertz CT molecular complexity index is 565. The van der Waals surface area contributed by atoms with Crippen LogP contribution in [-0.4, -0.2) is 32.8 Å². The fraction of sp³-hybridized carbons (Fsp3) is 0.364. The van der Waals surface area contributed by atoms with Gasteiger partial charge in [0.05, 0.1) is 18.4 Å². The molecule has 0 aromatic heterocycles. The zero-order chi connectivity index (χ0) is 12.6. The number of fused-ring (bicyclic) bond motifs is 1. The molecule has 0 spiro atoms. The van der Waals surface area contributed by atoms with Gasteiger partial charge in [-0.2, -0.15) is 0 Å². The Kier molecular flexibility index (Phi) is 2.92. The highest BCUT2D eigenvalue weighted by atomic mass is 32.2. The third kappa shape index (κ3) is 2.18. The third-order valence-electron chi connectivity index (χ3n) is 2.83. The number of benzene rings is 1. The second-order valence-corrected chi connectivity index (χ2v) is 6.06. The maximum atomic E-state index is 11.7. The van der Waals surface area contributed by atoms with Gasteiger partial charge in [-0.3, -0.25) is 0 Å². The van der Waals surface area contributed by atoms with Gasteiger partial charge in [0.15, 0.2) is 0 Å². The first-order chi connectivity index (χ1) is 7.94. The van der Waals surface area contributed by atoms with Gasteiger partial charge in [0, 0.05) is 13.6 Å². The molecule has 1 aliphatic heterocycles. The summed E-state index contributed by atoms with van der Waals surface area (Å²) < 4.78 is 29.3. The molecule has 0 saturated heterocycles. The van der Waals surface area contributed by atoms with Gasteiger partial charge >= 0.3 is 5.97 Å². The Hall–Kier alpha value is -1.40. The van der Waals surface area contributed by atoms with E-state index in [0.29, 0.717) is 17.7 Å². The van der Waals surface area contributed by atoms with E-state index in [4.69, 9.17) is 0 Å². The van der Waals surface area contributed by atoms with Crippen molar-refractivity contribution in [2.75, 3.05) is 14.2 Å². The number of nitrogens with zero attached hydrogens (tertiary/aromatic N) is 1. The summed E-state index contributed by atoms with van der Waals surface area (Å²) in [6.45, 7) is 0.346. The van der Waals surface area contributed by atoms with E-state index in [1.807, 2.05) is 0 Å². The van der Waals surface area contributed by atoms with Crippen molar-refractivity contribution in [3.8, 4) is 0 Å². The average Bonchev–Trinajstić information content (AvgIpc) is 2.28. The van der Waals surface area contributed by atoms with Crippen molar-refractivity contribution < 1.29 is 17.9 Å². The highest BCUT2D eigenvalue weighted by Gasteiger charge is 2.27. The molecule has 6 heteroatoms. The molecule has 0 bridgehead atoms. The molecule has 0 N–H and O–H groups in total. The van der Waals surface area contributed by atoms with Crippen LogP contribution in [0.2, 0.25) is 0 Å². The lowest BCUT2D eigenvalue weighted by molar-refractivity contribution is 0.0600. The number of ether oxygens (including phenoxy) is 1. The number of carbonyl (C=O) groups is 1. The van der Waals surface area contributed by atoms with Crippen LogP contribution in [0.4, 0.5) is 0 Å². The molecule has 17 heavy (non-hydrogen) atoms. The van der Waals surface area contributed by atoms with Crippen molar-refractivity contribution in [3.63, 3.8) is 0 Å². The molecule has 2 rings (SSSR count). The van der Waals surface area contributed by atoms with E-state index < -0.39 is 16.0 Å². The van der Waals surface area contributed by atoms with Crippen LogP contribution in [0.25, 0.3) is 0 Å². The van der Waals surface area contributed by atoms with Gasteiger partial charge in [-0.25, -0.2) is 17.5 Å². The highest BCUT2D eigenvalue weighted by Crippen LogP contribution is 2.24. The first-order valence-corrected chi connectivity index (χ1v) is 6.69. The Labute approximate surface area is 100 Å². The first-order valence-electron chi connectivity index (χ1n) is 5.08. The quantitative estimate of drug-likeness (QED) is 0.695. The average molecular weight is 255 g/mol. The van der Waals surface area contributed by atoms with Crippen LogP contribution in [0.1, 0.15) is 21.5 Å². The molecule has 1 aromatic rings. The number of methoxy groups -OCH3 is 1. The van der Waals surface area contributed by atoms with Gasteiger partial charge < -0.3 is 4.74 Å². The minimum Gasteiger partial charge on any atom is -0.465 e. The van der Waals surface area contributed by atoms with Crippen LogP contribution in [-0.2, 0) is 27.1 Å². The Balaban J connectivity index is 2.44. The molecule has 0 amide bonds. The number of esters is 1. The van der Waals surface area contributed by atoms with Crippen molar-refractivity contribution >= 4 is 16.0 Å². The monoisotopic (exact) mass is 255 g/mol. The summed E-state index contributed by atoms with van der Waals surface area (Å²) in [6, 6.07) is 5.01. The second-order valence-electron chi connectivity index (χ2n) is 3.99. The topological polar surface area (TPSA) is 63.7 Å². The van der Waals surface area contributed by atoms with E-state index in [1.165, 1.54) is 11.4 Å². The zero-order valence-electron chi connectivity index (χ0n) is 9.63. The van der Waals surface area contributed by atoms with E-state index >= 15 is 0 Å². The maximum Gasteiger partial charge on any atom is 0.337 e. The predicted octanol–water partition coefficient (Wildman–Crippen LogP) is 0.748. The van der Waals surface area contributed by atoms with E-state index in [9.17, 15) is 13.2 Å². The minimum absolute atomic E-state index is 0.0658. The standard InChI is InChI=1S/C11H13NO4S/c1-12-6-9-4-3-8(11(13)16-2)5-10(9)7-17(12,14)15/h3-5H,6-7H2,1-2H3. The van der Waals surface area contributed by atoms with Gasteiger partial charge in [-0.05, 0) is 23.3 Å². The summed E-state index contributed by atoms with van der Waals surface area (Å²) in [4.78, 5) is 11.3. The summed E-state index contributed by atoms with van der Waals surface area (Å²) >= 11 is 0. The van der Waals surface area contributed by atoms with E-state index in [1.54, 1.807) is 25.2 Å². The molecular weight excluding hydrogens is 242 g/mol. The molecule has 0 fully saturated rings. The van der Waals surface area contributed by atoms with Crippen LogP contribution in [0.15, 0.2) is 18.2 Å². The van der Waals surface area contributed by atoms with Crippen LogP contribution >= 0.6 is 0 Å². The summed E-state index contributed by atoms with van der Waals surface area (Å²) in [5.41, 5.74) is 1.98. The molecule has 0 unspecified atom stereocenters. The van der Waals surface area contributed by atoms with Crippen LogP contribution < -0.4 is 0 Å². The molecule has 1 aromatic carbocycles. The van der Waals surface area contributed by atoms with Crippen LogP contribution in [0.3, 0.4) is 0 Å². The third-order valence-corrected chi connectivity index (χ3v) is 4.59. The lowest BCUT2D eigenvalue weighted by Gasteiger charge is -2.25. The van der Waals surface area contributed by atoms with Crippen molar-refractivity contribution in [1.29, 1.82) is 0 Å².